The van der Waals surface area contributed by atoms with Crippen molar-refractivity contribution in [1.29, 1.82) is 0 Å². The molecule has 0 spiro atoms. The highest BCUT2D eigenvalue weighted by Gasteiger charge is 2.04. The van der Waals surface area contributed by atoms with E-state index in [9.17, 15) is 4.79 Å². The third kappa shape index (κ3) is 4.65. The Morgan fingerprint density at radius 3 is 2.85 bits per heavy atom. The van der Waals surface area contributed by atoms with Crippen molar-refractivity contribution >= 4 is 17.7 Å². The summed E-state index contributed by atoms with van der Waals surface area (Å²) in [5, 5.41) is 14.9. The van der Waals surface area contributed by atoms with E-state index in [1.165, 1.54) is 0 Å². The molecular formula is C13H17N5OS. The first-order chi connectivity index (χ1) is 9.75. The Labute approximate surface area is 121 Å². The zero-order chi connectivity index (χ0) is 14.2. The minimum Gasteiger partial charge on any atom is -0.352 e. The van der Waals surface area contributed by atoms with E-state index in [2.05, 4.69) is 20.8 Å². The first-order valence-electron chi connectivity index (χ1n) is 6.41. The van der Waals surface area contributed by atoms with Gasteiger partial charge in [0.15, 0.2) is 0 Å². The molecule has 0 saturated heterocycles. The van der Waals surface area contributed by atoms with Gasteiger partial charge in [-0.05, 0) is 22.4 Å². The smallest absolute Gasteiger partial charge is 0.220 e. The van der Waals surface area contributed by atoms with Gasteiger partial charge in [-0.25, -0.2) is 4.68 Å². The molecule has 20 heavy (non-hydrogen) atoms. The molecule has 1 heterocycles. The van der Waals surface area contributed by atoms with Gasteiger partial charge < -0.3 is 5.32 Å². The van der Waals surface area contributed by atoms with E-state index in [-0.39, 0.29) is 5.91 Å². The predicted octanol–water partition coefficient (Wildman–Crippen LogP) is 1.40. The van der Waals surface area contributed by atoms with Crippen LogP contribution >= 0.6 is 11.8 Å². The number of carbonyl (C=O) groups excluding carboxylic acids is 1. The van der Waals surface area contributed by atoms with E-state index in [0.29, 0.717) is 13.0 Å². The molecule has 7 heteroatoms. The SMILES string of the molecule is Cn1nnnc1SCCCC(=O)NCc1ccccc1. The molecule has 0 fully saturated rings. The maximum absolute atomic E-state index is 11.7. The van der Waals surface area contributed by atoms with Crippen LogP contribution in [-0.2, 0) is 18.4 Å². The highest BCUT2D eigenvalue weighted by Crippen LogP contribution is 2.14. The van der Waals surface area contributed by atoms with Gasteiger partial charge in [0.1, 0.15) is 0 Å². The Hall–Kier alpha value is -1.89. The summed E-state index contributed by atoms with van der Waals surface area (Å²) in [5.74, 6) is 0.901. The zero-order valence-corrected chi connectivity index (χ0v) is 12.1. The molecule has 0 aliphatic carbocycles. The van der Waals surface area contributed by atoms with Crippen molar-refractivity contribution in [3.05, 3.63) is 35.9 Å². The molecule has 2 rings (SSSR count). The summed E-state index contributed by atoms with van der Waals surface area (Å²) >= 11 is 1.56. The van der Waals surface area contributed by atoms with E-state index in [1.54, 1.807) is 23.5 Å². The summed E-state index contributed by atoms with van der Waals surface area (Å²) < 4.78 is 1.63. The van der Waals surface area contributed by atoms with Crippen LogP contribution in [0.15, 0.2) is 35.5 Å². The molecule has 106 valence electrons. The molecule has 6 nitrogen and oxygen atoms in total. The molecule has 0 bridgehead atoms. The van der Waals surface area contributed by atoms with Crippen molar-refractivity contribution in [3.8, 4) is 0 Å². The van der Waals surface area contributed by atoms with Gasteiger partial charge in [-0.1, -0.05) is 42.1 Å². The van der Waals surface area contributed by atoms with Crippen LogP contribution in [0.25, 0.3) is 0 Å². The summed E-state index contributed by atoms with van der Waals surface area (Å²) in [7, 11) is 1.80. The molecule has 1 aromatic carbocycles. The highest BCUT2D eigenvalue weighted by molar-refractivity contribution is 7.99. The number of benzene rings is 1. The van der Waals surface area contributed by atoms with Crippen LogP contribution in [0.5, 0.6) is 0 Å². The van der Waals surface area contributed by atoms with Crippen molar-refractivity contribution in [3.63, 3.8) is 0 Å². The monoisotopic (exact) mass is 291 g/mol. The minimum atomic E-state index is 0.0746. The lowest BCUT2D eigenvalue weighted by Crippen LogP contribution is -2.22. The maximum atomic E-state index is 11.7. The molecule has 0 unspecified atom stereocenters. The third-order valence-electron chi connectivity index (χ3n) is 2.69. The van der Waals surface area contributed by atoms with Crippen LogP contribution in [0.4, 0.5) is 0 Å². The number of tetrazole rings is 1. The first-order valence-corrected chi connectivity index (χ1v) is 7.40. The van der Waals surface area contributed by atoms with Gasteiger partial charge in [0.25, 0.3) is 0 Å². The predicted molar refractivity (Wildman–Crippen MR) is 77.0 cm³/mol. The van der Waals surface area contributed by atoms with Crippen molar-refractivity contribution < 1.29 is 4.79 Å². The van der Waals surface area contributed by atoms with Crippen LogP contribution < -0.4 is 5.32 Å². The average molecular weight is 291 g/mol. The van der Waals surface area contributed by atoms with E-state index in [0.717, 1.165) is 22.9 Å². The number of amides is 1. The fraction of sp³-hybridized carbons (Fsp3) is 0.385. The summed E-state index contributed by atoms with van der Waals surface area (Å²) in [5.41, 5.74) is 1.11. The van der Waals surface area contributed by atoms with Crippen LogP contribution in [0.2, 0.25) is 0 Å². The largest absolute Gasteiger partial charge is 0.352 e. The lowest BCUT2D eigenvalue weighted by Gasteiger charge is -2.05. The molecule has 2 aromatic rings. The molecule has 1 amide bonds. The summed E-state index contributed by atoms with van der Waals surface area (Å²) in [6.45, 7) is 0.583. The normalized spacial score (nSPS) is 10.4. The Bertz CT molecular complexity index is 543. The summed E-state index contributed by atoms with van der Waals surface area (Å²) in [6, 6.07) is 9.89. The van der Waals surface area contributed by atoms with Gasteiger partial charge in [-0.3, -0.25) is 4.79 Å². The van der Waals surface area contributed by atoms with Crippen molar-refractivity contribution in [2.75, 3.05) is 5.75 Å². The summed E-state index contributed by atoms with van der Waals surface area (Å²) in [6.07, 6.45) is 1.32. The summed E-state index contributed by atoms with van der Waals surface area (Å²) in [4.78, 5) is 11.7. The second-order valence-electron chi connectivity index (χ2n) is 4.30. The van der Waals surface area contributed by atoms with Gasteiger partial charge in [-0.15, -0.1) is 5.10 Å². The van der Waals surface area contributed by atoms with Gasteiger partial charge in [0.2, 0.25) is 11.1 Å². The fourth-order valence-corrected chi connectivity index (χ4v) is 2.41. The molecule has 0 aliphatic rings. The number of hydrogen-bond donors (Lipinski definition) is 1. The van der Waals surface area contributed by atoms with Gasteiger partial charge in [0, 0.05) is 25.8 Å². The Morgan fingerprint density at radius 1 is 1.35 bits per heavy atom. The van der Waals surface area contributed by atoms with Crippen molar-refractivity contribution in [2.45, 2.75) is 24.5 Å². The fourth-order valence-electron chi connectivity index (χ4n) is 1.62. The zero-order valence-electron chi connectivity index (χ0n) is 11.3. The first kappa shape index (κ1) is 14.5. The molecule has 1 N–H and O–H groups in total. The van der Waals surface area contributed by atoms with Crippen molar-refractivity contribution in [1.82, 2.24) is 25.5 Å². The standard InChI is InChI=1S/C13H17N5OS/c1-18-13(15-16-17-18)20-9-5-8-12(19)14-10-11-6-3-2-4-7-11/h2-4,6-7H,5,8-10H2,1H3,(H,14,19). The maximum Gasteiger partial charge on any atom is 0.220 e. The van der Waals surface area contributed by atoms with E-state index in [1.807, 2.05) is 30.3 Å². The molecule has 0 aliphatic heterocycles. The molecule has 0 saturated carbocycles. The van der Waals surface area contributed by atoms with Crippen LogP contribution in [0, 0.1) is 0 Å². The van der Waals surface area contributed by atoms with Crippen LogP contribution in [-0.4, -0.2) is 31.9 Å². The van der Waals surface area contributed by atoms with Crippen LogP contribution in [0.3, 0.4) is 0 Å². The Balaban J connectivity index is 1.60. The second-order valence-corrected chi connectivity index (χ2v) is 5.36. The topological polar surface area (TPSA) is 72.7 Å². The molecular weight excluding hydrogens is 274 g/mol. The Morgan fingerprint density at radius 2 is 2.15 bits per heavy atom. The van der Waals surface area contributed by atoms with E-state index < -0.39 is 0 Å². The van der Waals surface area contributed by atoms with Crippen LogP contribution in [0.1, 0.15) is 18.4 Å². The van der Waals surface area contributed by atoms with E-state index in [4.69, 9.17) is 0 Å². The molecule has 0 radical (unpaired) electrons. The molecule has 0 atom stereocenters. The number of aryl methyl sites for hydroxylation is 1. The number of hydrogen-bond acceptors (Lipinski definition) is 5. The number of nitrogens with one attached hydrogen (secondary N) is 1. The number of rotatable bonds is 7. The van der Waals surface area contributed by atoms with Gasteiger partial charge >= 0.3 is 0 Å². The van der Waals surface area contributed by atoms with Crippen molar-refractivity contribution in [2.24, 2.45) is 7.05 Å². The average Bonchev–Trinajstić information content (AvgIpc) is 2.88. The highest BCUT2D eigenvalue weighted by atomic mass is 32.2. The van der Waals surface area contributed by atoms with Gasteiger partial charge in [-0.2, -0.15) is 0 Å². The lowest BCUT2D eigenvalue weighted by molar-refractivity contribution is -0.121. The minimum absolute atomic E-state index is 0.0746. The number of nitrogens with zero attached hydrogens (tertiary/aromatic N) is 4. The number of aromatic nitrogens is 4. The van der Waals surface area contributed by atoms with Gasteiger partial charge in [0.05, 0.1) is 0 Å². The molecule has 1 aromatic heterocycles. The number of thioether (sulfide) groups is 1. The number of carbonyl (C=O) groups is 1. The lowest BCUT2D eigenvalue weighted by atomic mass is 10.2. The third-order valence-corrected chi connectivity index (χ3v) is 3.79. The van der Waals surface area contributed by atoms with E-state index >= 15 is 0 Å². The quantitative estimate of drug-likeness (QED) is 0.616. The Kier molecular flexibility index (Phi) is 5.55. The second kappa shape index (κ2) is 7.64.